The van der Waals surface area contributed by atoms with Crippen molar-refractivity contribution < 1.29 is 14.3 Å². The van der Waals surface area contributed by atoms with E-state index in [0.29, 0.717) is 24.3 Å². The molecule has 1 amide bonds. The number of ether oxygens (including phenoxy) is 2. The lowest BCUT2D eigenvalue weighted by atomic mass is 9.75. The number of rotatable bonds is 4. The molecule has 6 nitrogen and oxygen atoms in total. The summed E-state index contributed by atoms with van der Waals surface area (Å²) in [5.74, 6) is 1.72. The lowest BCUT2D eigenvalue weighted by molar-refractivity contribution is -0.157. The molecule has 142 valence electrons. The van der Waals surface area contributed by atoms with Gasteiger partial charge in [-0.3, -0.25) is 9.69 Å². The number of nitrogens with zero attached hydrogens (tertiary/aromatic N) is 3. The van der Waals surface area contributed by atoms with Crippen LogP contribution >= 0.6 is 0 Å². The van der Waals surface area contributed by atoms with Crippen molar-refractivity contribution in [3.63, 3.8) is 0 Å². The minimum absolute atomic E-state index is 0.136. The number of aromatic nitrogens is 1. The summed E-state index contributed by atoms with van der Waals surface area (Å²) >= 11 is 0. The summed E-state index contributed by atoms with van der Waals surface area (Å²) in [6.45, 7) is 4.94. The van der Waals surface area contributed by atoms with Crippen LogP contribution in [0.15, 0.2) is 24.4 Å². The summed E-state index contributed by atoms with van der Waals surface area (Å²) < 4.78 is 11.3. The Labute approximate surface area is 155 Å². The lowest BCUT2D eigenvalue weighted by Crippen LogP contribution is -2.73. The van der Waals surface area contributed by atoms with Gasteiger partial charge in [0.1, 0.15) is 0 Å². The molecule has 0 radical (unpaired) electrons. The van der Waals surface area contributed by atoms with Crippen molar-refractivity contribution in [3.05, 3.63) is 24.4 Å². The van der Waals surface area contributed by atoms with Gasteiger partial charge in [-0.15, -0.1) is 0 Å². The molecule has 1 atom stereocenters. The second-order valence-electron chi connectivity index (χ2n) is 8.06. The summed E-state index contributed by atoms with van der Waals surface area (Å²) in [7, 11) is 2.20. The van der Waals surface area contributed by atoms with Gasteiger partial charge in [-0.05, 0) is 51.3 Å². The normalized spacial score (nSPS) is 26.5. The molecule has 4 rings (SSSR count). The SMILES string of the molecule is CN1CCC(COc2ccccn2)CC12CN(C(=O)C1CCOCC1)C2. The maximum Gasteiger partial charge on any atom is 0.225 e. The largest absolute Gasteiger partial charge is 0.477 e. The molecule has 0 bridgehead atoms. The molecule has 3 aliphatic rings. The van der Waals surface area contributed by atoms with Gasteiger partial charge in [0.2, 0.25) is 11.8 Å². The van der Waals surface area contributed by atoms with Crippen molar-refractivity contribution >= 4 is 5.91 Å². The summed E-state index contributed by atoms with van der Waals surface area (Å²) in [6.07, 6.45) is 5.74. The number of pyridine rings is 1. The molecule has 1 unspecified atom stereocenters. The molecule has 0 aromatic carbocycles. The number of amides is 1. The van der Waals surface area contributed by atoms with Gasteiger partial charge < -0.3 is 14.4 Å². The number of hydrogen-bond donors (Lipinski definition) is 0. The highest BCUT2D eigenvalue weighted by Gasteiger charge is 2.51. The zero-order chi connectivity index (χ0) is 18.0. The van der Waals surface area contributed by atoms with Gasteiger partial charge in [0.05, 0.1) is 12.1 Å². The first-order valence-corrected chi connectivity index (χ1v) is 9.78. The van der Waals surface area contributed by atoms with Gasteiger partial charge in [-0.1, -0.05) is 6.07 Å². The Morgan fingerprint density at radius 1 is 1.31 bits per heavy atom. The van der Waals surface area contributed by atoms with Crippen LogP contribution in [-0.2, 0) is 9.53 Å². The topological polar surface area (TPSA) is 54.9 Å². The molecule has 3 aliphatic heterocycles. The Balaban J connectivity index is 1.31. The summed E-state index contributed by atoms with van der Waals surface area (Å²) in [5, 5.41) is 0. The van der Waals surface area contributed by atoms with E-state index in [-0.39, 0.29) is 11.5 Å². The Morgan fingerprint density at radius 2 is 2.12 bits per heavy atom. The maximum absolute atomic E-state index is 12.7. The van der Waals surface area contributed by atoms with Crippen LogP contribution in [0.1, 0.15) is 25.7 Å². The third kappa shape index (κ3) is 3.58. The van der Waals surface area contributed by atoms with E-state index >= 15 is 0 Å². The van der Waals surface area contributed by atoms with Crippen LogP contribution in [0.3, 0.4) is 0 Å². The summed E-state index contributed by atoms with van der Waals surface area (Å²) in [4.78, 5) is 21.5. The Morgan fingerprint density at radius 3 is 2.85 bits per heavy atom. The molecular formula is C20H29N3O3. The highest BCUT2D eigenvalue weighted by atomic mass is 16.5. The first-order valence-electron chi connectivity index (χ1n) is 9.78. The molecule has 6 heteroatoms. The third-order valence-electron chi connectivity index (χ3n) is 6.31. The Kier molecular flexibility index (Phi) is 5.14. The predicted octanol–water partition coefficient (Wildman–Crippen LogP) is 1.81. The smallest absolute Gasteiger partial charge is 0.225 e. The van der Waals surface area contributed by atoms with Gasteiger partial charge >= 0.3 is 0 Å². The quantitative estimate of drug-likeness (QED) is 0.821. The predicted molar refractivity (Wildman–Crippen MR) is 97.9 cm³/mol. The first-order chi connectivity index (χ1) is 12.7. The maximum atomic E-state index is 12.7. The van der Waals surface area contributed by atoms with Crippen LogP contribution in [0, 0.1) is 11.8 Å². The number of likely N-dealkylation sites (N-methyl/N-ethyl adjacent to an activating group) is 1. The molecule has 1 aromatic heterocycles. The number of piperidine rings is 1. The van der Waals surface area contributed by atoms with Crippen LogP contribution in [0.25, 0.3) is 0 Å². The van der Waals surface area contributed by atoms with Gasteiger partial charge in [0, 0.05) is 44.5 Å². The van der Waals surface area contributed by atoms with Gasteiger partial charge in [-0.25, -0.2) is 4.98 Å². The molecule has 1 spiro atoms. The molecule has 0 saturated carbocycles. The third-order valence-corrected chi connectivity index (χ3v) is 6.31. The van der Waals surface area contributed by atoms with Crippen LogP contribution in [-0.4, -0.2) is 72.7 Å². The van der Waals surface area contributed by atoms with E-state index in [2.05, 4.69) is 21.8 Å². The zero-order valence-electron chi connectivity index (χ0n) is 15.6. The van der Waals surface area contributed by atoms with E-state index in [1.807, 2.05) is 18.2 Å². The highest BCUT2D eigenvalue weighted by Crippen LogP contribution is 2.39. The van der Waals surface area contributed by atoms with Crippen molar-refractivity contribution in [2.45, 2.75) is 31.2 Å². The molecule has 3 saturated heterocycles. The number of likely N-dealkylation sites (tertiary alicyclic amines) is 2. The molecule has 26 heavy (non-hydrogen) atoms. The van der Waals surface area contributed by atoms with Crippen molar-refractivity contribution in [3.8, 4) is 5.88 Å². The fraction of sp³-hybridized carbons (Fsp3) is 0.700. The van der Waals surface area contributed by atoms with Crippen molar-refractivity contribution in [1.82, 2.24) is 14.8 Å². The van der Waals surface area contributed by atoms with Crippen molar-refractivity contribution in [2.24, 2.45) is 11.8 Å². The minimum Gasteiger partial charge on any atom is -0.477 e. The van der Waals surface area contributed by atoms with Crippen molar-refractivity contribution in [1.29, 1.82) is 0 Å². The molecule has 3 fully saturated rings. The number of carbonyl (C=O) groups excluding carboxylic acids is 1. The van der Waals surface area contributed by atoms with E-state index in [1.165, 1.54) is 0 Å². The summed E-state index contributed by atoms with van der Waals surface area (Å²) in [5.41, 5.74) is 0.136. The van der Waals surface area contributed by atoms with Crippen LogP contribution in [0.4, 0.5) is 0 Å². The fourth-order valence-corrected chi connectivity index (χ4v) is 4.58. The number of hydrogen-bond acceptors (Lipinski definition) is 5. The molecule has 0 aliphatic carbocycles. The molecular weight excluding hydrogens is 330 g/mol. The average Bonchev–Trinajstić information content (AvgIpc) is 2.67. The highest BCUT2D eigenvalue weighted by molar-refractivity contribution is 5.80. The summed E-state index contributed by atoms with van der Waals surface area (Å²) in [6, 6.07) is 5.75. The molecule has 4 heterocycles. The van der Waals surface area contributed by atoms with E-state index < -0.39 is 0 Å². The second-order valence-corrected chi connectivity index (χ2v) is 8.06. The molecule has 0 N–H and O–H groups in total. The monoisotopic (exact) mass is 359 g/mol. The Bertz CT molecular complexity index is 612. The zero-order valence-corrected chi connectivity index (χ0v) is 15.6. The average molecular weight is 359 g/mol. The van der Waals surface area contributed by atoms with Crippen LogP contribution in [0.5, 0.6) is 5.88 Å². The Hall–Kier alpha value is -1.66. The second kappa shape index (κ2) is 7.53. The lowest BCUT2D eigenvalue weighted by Gasteiger charge is -2.59. The van der Waals surface area contributed by atoms with Gasteiger partial charge in [-0.2, -0.15) is 0 Å². The van der Waals surface area contributed by atoms with Gasteiger partial charge in [0.15, 0.2) is 0 Å². The van der Waals surface area contributed by atoms with E-state index in [9.17, 15) is 4.79 Å². The fourth-order valence-electron chi connectivity index (χ4n) is 4.58. The van der Waals surface area contributed by atoms with E-state index in [0.717, 1.165) is 58.5 Å². The van der Waals surface area contributed by atoms with E-state index in [1.54, 1.807) is 6.20 Å². The van der Waals surface area contributed by atoms with Crippen LogP contribution < -0.4 is 4.74 Å². The van der Waals surface area contributed by atoms with Crippen LogP contribution in [0.2, 0.25) is 0 Å². The van der Waals surface area contributed by atoms with E-state index in [4.69, 9.17) is 9.47 Å². The number of carbonyl (C=O) groups is 1. The minimum atomic E-state index is 0.136. The van der Waals surface area contributed by atoms with Gasteiger partial charge in [0.25, 0.3) is 0 Å². The molecule has 1 aromatic rings. The van der Waals surface area contributed by atoms with Crippen molar-refractivity contribution in [2.75, 3.05) is 46.5 Å². The standard InChI is InChI=1S/C20H29N3O3/c1-22-9-5-16(13-26-18-4-2-3-8-21-18)12-20(22)14-23(15-20)19(24)17-6-10-25-11-7-17/h2-4,8,16-17H,5-7,9-15H2,1H3. The first kappa shape index (κ1) is 17.7.